The predicted molar refractivity (Wildman–Crippen MR) is 77.8 cm³/mol. The van der Waals surface area contributed by atoms with E-state index in [4.69, 9.17) is 9.97 Å². The van der Waals surface area contributed by atoms with Gasteiger partial charge in [0, 0.05) is 52.3 Å². The molecule has 0 unspecified atom stereocenters. The molecule has 0 spiro atoms. The van der Waals surface area contributed by atoms with Crippen LogP contribution in [0.1, 0.15) is 30.5 Å². The SMILES string of the molecule is CN(C)c1nc(N2CCCCC2)nc2c1CNCC2. The van der Waals surface area contributed by atoms with Gasteiger partial charge < -0.3 is 15.1 Å². The fourth-order valence-electron chi connectivity index (χ4n) is 2.92. The molecule has 3 heterocycles. The van der Waals surface area contributed by atoms with Gasteiger partial charge in [0.15, 0.2) is 0 Å². The molecule has 2 aliphatic rings. The summed E-state index contributed by atoms with van der Waals surface area (Å²) in [6.07, 6.45) is 4.88. The lowest BCUT2D eigenvalue weighted by Gasteiger charge is -2.30. The normalized spacial score (nSPS) is 19.2. The average molecular weight is 261 g/mol. The van der Waals surface area contributed by atoms with E-state index in [-0.39, 0.29) is 0 Å². The number of rotatable bonds is 2. The highest BCUT2D eigenvalue weighted by Crippen LogP contribution is 2.26. The molecule has 0 bridgehead atoms. The molecule has 1 fully saturated rings. The second-order valence-corrected chi connectivity index (χ2v) is 5.64. The van der Waals surface area contributed by atoms with Crippen LogP contribution in [-0.4, -0.2) is 43.7 Å². The Balaban J connectivity index is 1.98. The number of nitrogens with one attached hydrogen (secondary N) is 1. The first kappa shape index (κ1) is 12.7. The lowest BCUT2D eigenvalue weighted by Crippen LogP contribution is -2.34. The van der Waals surface area contributed by atoms with Gasteiger partial charge in [-0.2, -0.15) is 4.98 Å². The maximum atomic E-state index is 4.83. The van der Waals surface area contributed by atoms with Crippen molar-refractivity contribution in [2.45, 2.75) is 32.2 Å². The third-order valence-electron chi connectivity index (χ3n) is 3.96. The topological polar surface area (TPSA) is 44.3 Å². The highest BCUT2D eigenvalue weighted by atomic mass is 15.3. The van der Waals surface area contributed by atoms with Crippen LogP contribution in [0, 0.1) is 0 Å². The van der Waals surface area contributed by atoms with E-state index in [0.717, 1.165) is 44.4 Å². The third kappa shape index (κ3) is 2.52. The van der Waals surface area contributed by atoms with Gasteiger partial charge in [-0.15, -0.1) is 0 Å². The highest BCUT2D eigenvalue weighted by Gasteiger charge is 2.21. The van der Waals surface area contributed by atoms with Crippen LogP contribution >= 0.6 is 0 Å². The summed E-state index contributed by atoms with van der Waals surface area (Å²) in [7, 11) is 4.13. The Kier molecular flexibility index (Phi) is 3.55. The first-order valence-electron chi connectivity index (χ1n) is 7.28. The van der Waals surface area contributed by atoms with E-state index in [1.54, 1.807) is 0 Å². The summed E-state index contributed by atoms with van der Waals surface area (Å²) in [5, 5.41) is 3.41. The molecule has 5 nitrogen and oxygen atoms in total. The Morgan fingerprint density at radius 1 is 1.11 bits per heavy atom. The van der Waals surface area contributed by atoms with Gasteiger partial charge in [-0.05, 0) is 19.3 Å². The number of hydrogen-bond donors (Lipinski definition) is 1. The molecule has 1 aromatic heterocycles. The van der Waals surface area contributed by atoms with Crippen LogP contribution in [0.25, 0.3) is 0 Å². The van der Waals surface area contributed by atoms with Crippen LogP contribution in [0.5, 0.6) is 0 Å². The van der Waals surface area contributed by atoms with Crippen LogP contribution in [0.15, 0.2) is 0 Å². The summed E-state index contributed by atoms with van der Waals surface area (Å²) in [5.41, 5.74) is 2.51. The van der Waals surface area contributed by atoms with Gasteiger partial charge in [0.1, 0.15) is 5.82 Å². The van der Waals surface area contributed by atoms with Gasteiger partial charge in [-0.25, -0.2) is 4.98 Å². The average Bonchev–Trinajstić information content (AvgIpc) is 2.47. The molecule has 0 aromatic carbocycles. The molecule has 3 rings (SSSR count). The van der Waals surface area contributed by atoms with Gasteiger partial charge in [0.25, 0.3) is 0 Å². The highest BCUT2D eigenvalue weighted by molar-refractivity contribution is 5.53. The molecule has 104 valence electrons. The number of aromatic nitrogens is 2. The van der Waals surface area contributed by atoms with E-state index in [1.165, 1.54) is 30.5 Å². The maximum absolute atomic E-state index is 4.83. The molecule has 0 saturated carbocycles. The van der Waals surface area contributed by atoms with E-state index < -0.39 is 0 Å². The van der Waals surface area contributed by atoms with E-state index >= 15 is 0 Å². The maximum Gasteiger partial charge on any atom is 0.227 e. The number of nitrogens with zero attached hydrogens (tertiary/aromatic N) is 4. The number of anilines is 2. The van der Waals surface area contributed by atoms with Crippen LogP contribution in [0.2, 0.25) is 0 Å². The molecule has 0 atom stereocenters. The molecule has 5 heteroatoms. The fraction of sp³-hybridized carbons (Fsp3) is 0.714. The fourth-order valence-corrected chi connectivity index (χ4v) is 2.92. The number of fused-ring (bicyclic) bond motifs is 1. The second-order valence-electron chi connectivity index (χ2n) is 5.64. The van der Waals surface area contributed by atoms with Crippen molar-refractivity contribution < 1.29 is 0 Å². The first-order valence-corrected chi connectivity index (χ1v) is 7.28. The molecule has 1 saturated heterocycles. The van der Waals surface area contributed by atoms with Crippen molar-refractivity contribution >= 4 is 11.8 Å². The largest absolute Gasteiger partial charge is 0.362 e. The zero-order valence-electron chi connectivity index (χ0n) is 11.9. The zero-order chi connectivity index (χ0) is 13.2. The molecule has 19 heavy (non-hydrogen) atoms. The van der Waals surface area contributed by atoms with E-state index in [1.807, 2.05) is 0 Å². The summed E-state index contributed by atoms with van der Waals surface area (Å²) in [6.45, 7) is 4.12. The summed E-state index contributed by atoms with van der Waals surface area (Å²) in [4.78, 5) is 14.1. The first-order chi connectivity index (χ1) is 9.25. The Labute approximate surface area is 115 Å². The summed E-state index contributed by atoms with van der Waals surface area (Å²) in [5.74, 6) is 2.02. The summed E-state index contributed by atoms with van der Waals surface area (Å²) in [6, 6.07) is 0. The minimum absolute atomic E-state index is 0.892. The van der Waals surface area contributed by atoms with Crippen LogP contribution in [-0.2, 0) is 13.0 Å². The Hall–Kier alpha value is -1.36. The van der Waals surface area contributed by atoms with E-state index in [9.17, 15) is 0 Å². The van der Waals surface area contributed by atoms with Gasteiger partial charge in [-0.1, -0.05) is 0 Å². The smallest absolute Gasteiger partial charge is 0.227 e. The molecule has 0 amide bonds. The summed E-state index contributed by atoms with van der Waals surface area (Å²) >= 11 is 0. The second kappa shape index (κ2) is 5.33. The van der Waals surface area contributed by atoms with Gasteiger partial charge in [0.2, 0.25) is 5.95 Å². The number of hydrogen-bond acceptors (Lipinski definition) is 5. The van der Waals surface area contributed by atoms with Crippen molar-refractivity contribution in [2.24, 2.45) is 0 Å². The molecule has 1 N–H and O–H groups in total. The molecular weight excluding hydrogens is 238 g/mol. The number of piperidine rings is 1. The molecule has 0 aliphatic carbocycles. The van der Waals surface area contributed by atoms with Crippen molar-refractivity contribution in [2.75, 3.05) is 43.5 Å². The van der Waals surface area contributed by atoms with Crippen molar-refractivity contribution in [1.29, 1.82) is 0 Å². The van der Waals surface area contributed by atoms with Crippen molar-refractivity contribution in [3.63, 3.8) is 0 Å². The van der Waals surface area contributed by atoms with Gasteiger partial charge in [0.05, 0.1) is 5.69 Å². The van der Waals surface area contributed by atoms with Crippen LogP contribution in [0.4, 0.5) is 11.8 Å². The molecule has 2 aliphatic heterocycles. The van der Waals surface area contributed by atoms with Crippen LogP contribution < -0.4 is 15.1 Å². The molecule has 1 aromatic rings. The Morgan fingerprint density at radius 3 is 2.63 bits per heavy atom. The third-order valence-corrected chi connectivity index (χ3v) is 3.96. The minimum Gasteiger partial charge on any atom is -0.362 e. The zero-order valence-corrected chi connectivity index (χ0v) is 11.9. The Bertz CT molecular complexity index is 451. The van der Waals surface area contributed by atoms with Crippen molar-refractivity contribution in [3.05, 3.63) is 11.3 Å². The molecular formula is C14H23N5. The van der Waals surface area contributed by atoms with Crippen molar-refractivity contribution in [1.82, 2.24) is 15.3 Å². The quantitative estimate of drug-likeness (QED) is 0.866. The lowest BCUT2D eigenvalue weighted by atomic mass is 10.1. The van der Waals surface area contributed by atoms with E-state index in [2.05, 4.69) is 29.2 Å². The predicted octanol–water partition coefficient (Wildman–Crippen LogP) is 1.18. The lowest BCUT2D eigenvalue weighted by molar-refractivity contribution is 0.562. The van der Waals surface area contributed by atoms with Gasteiger partial charge in [-0.3, -0.25) is 0 Å². The van der Waals surface area contributed by atoms with Gasteiger partial charge >= 0.3 is 0 Å². The van der Waals surface area contributed by atoms with E-state index in [0.29, 0.717) is 0 Å². The van der Waals surface area contributed by atoms with Crippen molar-refractivity contribution in [3.8, 4) is 0 Å². The monoisotopic (exact) mass is 261 g/mol. The summed E-state index contributed by atoms with van der Waals surface area (Å²) < 4.78 is 0. The standard InChI is InChI=1S/C14H23N5/c1-18(2)13-11-10-15-7-6-12(11)16-14(17-13)19-8-4-3-5-9-19/h15H,3-10H2,1-2H3. The molecule has 0 radical (unpaired) electrons. The van der Waals surface area contributed by atoms with Crippen LogP contribution in [0.3, 0.4) is 0 Å². The Morgan fingerprint density at radius 2 is 1.89 bits per heavy atom. The minimum atomic E-state index is 0.892.